The van der Waals surface area contributed by atoms with Gasteiger partial charge in [0.2, 0.25) is 0 Å². The van der Waals surface area contributed by atoms with E-state index in [-0.39, 0.29) is 23.0 Å². The molecule has 0 radical (unpaired) electrons. The minimum Gasteiger partial charge on any atom is -0.490 e. The predicted molar refractivity (Wildman–Crippen MR) is 93.1 cm³/mol. The number of fused-ring (bicyclic) bond motifs is 1. The van der Waals surface area contributed by atoms with Gasteiger partial charge in [-0.25, -0.2) is 9.52 Å². The summed E-state index contributed by atoms with van der Waals surface area (Å²) in [5, 5.41) is 0. The lowest BCUT2D eigenvalue weighted by atomic mass is 10.1. The Balaban J connectivity index is 1.87. The Labute approximate surface area is 152 Å². The second kappa shape index (κ2) is 6.88. The van der Waals surface area contributed by atoms with Gasteiger partial charge in [0.05, 0.1) is 24.3 Å². The van der Waals surface area contributed by atoms with E-state index in [0.29, 0.717) is 11.8 Å². The van der Waals surface area contributed by atoms with Crippen molar-refractivity contribution in [1.82, 2.24) is 9.03 Å². The van der Waals surface area contributed by atoms with Crippen molar-refractivity contribution in [2.45, 2.75) is 25.4 Å². The van der Waals surface area contributed by atoms with Crippen LogP contribution in [0.2, 0.25) is 0 Å². The number of benzene rings is 1. The van der Waals surface area contributed by atoms with Crippen molar-refractivity contribution >= 4 is 22.1 Å². The summed E-state index contributed by atoms with van der Waals surface area (Å²) in [6, 6.07) is 4.20. The monoisotopic (exact) mass is 382 g/mol. The van der Waals surface area contributed by atoms with Crippen LogP contribution < -0.4 is 9.46 Å². The van der Waals surface area contributed by atoms with E-state index < -0.39 is 22.1 Å². The highest BCUT2D eigenvalue weighted by molar-refractivity contribution is 7.87. The van der Waals surface area contributed by atoms with Crippen molar-refractivity contribution in [3.63, 3.8) is 0 Å². The summed E-state index contributed by atoms with van der Waals surface area (Å²) in [4.78, 5) is 24.3. The zero-order valence-electron chi connectivity index (χ0n) is 14.9. The van der Waals surface area contributed by atoms with Crippen molar-refractivity contribution in [1.29, 1.82) is 0 Å². The van der Waals surface area contributed by atoms with Gasteiger partial charge in [-0.2, -0.15) is 12.7 Å². The molecule has 2 saturated carbocycles. The molecule has 2 fully saturated rings. The number of carbonyl (C=O) groups excluding carboxylic acids is 2. The van der Waals surface area contributed by atoms with E-state index in [1.54, 1.807) is 0 Å². The number of rotatable bonds is 6. The fourth-order valence-corrected chi connectivity index (χ4v) is 3.78. The Bertz CT molecular complexity index is 826. The molecule has 0 saturated heterocycles. The molecule has 0 heterocycles. The van der Waals surface area contributed by atoms with Gasteiger partial charge >= 0.3 is 16.2 Å². The topological polar surface area (TPSA) is 102 Å². The van der Waals surface area contributed by atoms with Crippen LogP contribution in [0.3, 0.4) is 0 Å². The summed E-state index contributed by atoms with van der Waals surface area (Å²) in [5.74, 6) is 0.168. The van der Waals surface area contributed by atoms with Crippen LogP contribution in [-0.4, -0.2) is 51.9 Å². The molecule has 0 aliphatic heterocycles. The Kier molecular flexibility index (Phi) is 4.94. The molecule has 2 aliphatic rings. The first-order valence-electron chi connectivity index (χ1n) is 8.35. The number of nitrogens with zero attached hydrogens (tertiary/aromatic N) is 1. The van der Waals surface area contributed by atoms with Crippen molar-refractivity contribution in [3.05, 3.63) is 29.3 Å². The average Bonchev–Trinajstić information content (AvgIpc) is 3.19. The summed E-state index contributed by atoms with van der Waals surface area (Å²) in [5.41, 5.74) is 0.293. The Morgan fingerprint density at radius 2 is 1.81 bits per heavy atom. The van der Waals surface area contributed by atoms with Gasteiger partial charge in [0.25, 0.3) is 5.91 Å². The largest absolute Gasteiger partial charge is 0.490 e. The molecule has 3 rings (SSSR count). The van der Waals surface area contributed by atoms with Crippen LogP contribution in [0.15, 0.2) is 18.2 Å². The van der Waals surface area contributed by atoms with E-state index in [9.17, 15) is 18.0 Å². The summed E-state index contributed by atoms with van der Waals surface area (Å²) >= 11 is 0. The number of hydrogen-bond acceptors (Lipinski definition) is 6. The molecule has 0 aromatic heterocycles. The molecule has 142 valence electrons. The van der Waals surface area contributed by atoms with Crippen LogP contribution in [0.1, 0.15) is 40.0 Å². The third-order valence-electron chi connectivity index (χ3n) is 4.84. The van der Waals surface area contributed by atoms with Crippen molar-refractivity contribution in [2.75, 3.05) is 21.2 Å². The number of methoxy groups -OCH3 is 1. The van der Waals surface area contributed by atoms with Crippen LogP contribution >= 0.6 is 0 Å². The third kappa shape index (κ3) is 3.83. The normalized spacial score (nSPS) is 24.1. The fraction of sp³-hybridized carbons (Fsp3) is 0.529. The van der Waals surface area contributed by atoms with Crippen LogP contribution in [0.4, 0.5) is 0 Å². The molecule has 1 aromatic rings. The number of nitrogens with one attached hydrogen (secondary N) is 1. The molecule has 9 heteroatoms. The van der Waals surface area contributed by atoms with Gasteiger partial charge in [0, 0.05) is 14.1 Å². The van der Waals surface area contributed by atoms with Gasteiger partial charge in [0.1, 0.15) is 5.75 Å². The molecule has 0 bridgehead atoms. The fourth-order valence-electron chi connectivity index (χ4n) is 3.25. The van der Waals surface area contributed by atoms with Gasteiger partial charge in [-0.3, -0.25) is 4.79 Å². The van der Waals surface area contributed by atoms with Gasteiger partial charge in [0.15, 0.2) is 0 Å². The smallest absolute Gasteiger partial charge is 0.337 e. The number of esters is 1. The molecule has 8 nitrogen and oxygen atoms in total. The second-order valence-electron chi connectivity index (χ2n) is 6.89. The lowest BCUT2D eigenvalue weighted by Gasteiger charge is -2.19. The Morgan fingerprint density at radius 3 is 2.38 bits per heavy atom. The van der Waals surface area contributed by atoms with E-state index in [1.165, 1.54) is 45.8 Å². The first kappa shape index (κ1) is 18.7. The van der Waals surface area contributed by atoms with Gasteiger partial charge < -0.3 is 9.47 Å². The standard InChI is InChI=1S/C17H22N2O6S/c1-19(2)26(22,23)18-16(20)14-5-4-10(17(21)24-3)9-15(14)25-13-7-11-6-12(11)8-13/h4-5,9,11-13H,6-8H2,1-3H3,(H,18,20). The predicted octanol–water partition coefficient (Wildman–Crippen LogP) is 1.19. The highest BCUT2D eigenvalue weighted by atomic mass is 32.2. The van der Waals surface area contributed by atoms with E-state index in [4.69, 9.17) is 9.47 Å². The zero-order chi connectivity index (χ0) is 19.1. The number of carbonyl (C=O) groups is 2. The summed E-state index contributed by atoms with van der Waals surface area (Å²) in [6.45, 7) is 0. The van der Waals surface area contributed by atoms with Gasteiger partial charge in [-0.1, -0.05) is 0 Å². The first-order chi connectivity index (χ1) is 12.2. The highest BCUT2D eigenvalue weighted by Gasteiger charge is 2.47. The number of amides is 1. The van der Waals surface area contributed by atoms with E-state index >= 15 is 0 Å². The minimum absolute atomic E-state index is 0.0383. The minimum atomic E-state index is -3.94. The van der Waals surface area contributed by atoms with E-state index in [1.807, 2.05) is 4.72 Å². The maximum Gasteiger partial charge on any atom is 0.337 e. The van der Waals surface area contributed by atoms with Crippen LogP contribution in [0.5, 0.6) is 5.75 Å². The van der Waals surface area contributed by atoms with Crippen LogP contribution in [-0.2, 0) is 14.9 Å². The lowest BCUT2D eigenvalue weighted by Crippen LogP contribution is -2.39. The molecule has 2 unspecified atom stereocenters. The molecule has 0 spiro atoms. The number of hydrogen-bond donors (Lipinski definition) is 1. The van der Waals surface area contributed by atoms with E-state index in [0.717, 1.165) is 17.1 Å². The maximum atomic E-state index is 12.5. The van der Waals surface area contributed by atoms with Crippen molar-refractivity contribution in [3.8, 4) is 5.75 Å². The van der Waals surface area contributed by atoms with Gasteiger partial charge in [-0.05, 0) is 49.3 Å². The third-order valence-corrected chi connectivity index (χ3v) is 6.25. The summed E-state index contributed by atoms with van der Waals surface area (Å²) in [7, 11) is -0.0390. The summed E-state index contributed by atoms with van der Waals surface area (Å²) < 4.78 is 37.4. The van der Waals surface area contributed by atoms with Crippen molar-refractivity contribution in [2.24, 2.45) is 11.8 Å². The maximum absolute atomic E-state index is 12.5. The molecular weight excluding hydrogens is 360 g/mol. The molecule has 1 N–H and O–H groups in total. The highest BCUT2D eigenvalue weighted by Crippen LogP contribution is 2.52. The molecule has 2 aliphatic carbocycles. The first-order valence-corrected chi connectivity index (χ1v) is 9.79. The zero-order valence-corrected chi connectivity index (χ0v) is 15.7. The van der Waals surface area contributed by atoms with Crippen molar-refractivity contribution < 1.29 is 27.5 Å². The Morgan fingerprint density at radius 1 is 1.15 bits per heavy atom. The quantitative estimate of drug-likeness (QED) is 0.742. The second-order valence-corrected chi connectivity index (χ2v) is 8.77. The van der Waals surface area contributed by atoms with Crippen LogP contribution in [0.25, 0.3) is 0 Å². The molecular formula is C17H22N2O6S. The molecule has 2 atom stereocenters. The Hall–Kier alpha value is -2.13. The van der Waals surface area contributed by atoms with Gasteiger partial charge in [-0.15, -0.1) is 0 Å². The lowest BCUT2D eigenvalue weighted by molar-refractivity contribution is 0.0599. The number of ether oxygens (including phenoxy) is 2. The molecule has 26 heavy (non-hydrogen) atoms. The average molecular weight is 382 g/mol. The van der Waals surface area contributed by atoms with E-state index in [2.05, 4.69) is 0 Å². The molecule has 1 amide bonds. The van der Waals surface area contributed by atoms with Crippen LogP contribution in [0, 0.1) is 11.8 Å². The SMILES string of the molecule is COC(=O)c1ccc(C(=O)NS(=O)(=O)N(C)C)c(OC2CC3CC3C2)c1. The summed E-state index contributed by atoms with van der Waals surface area (Å²) in [6.07, 6.45) is 2.99. The molecule has 1 aromatic carbocycles.